The number of aryl methyl sites for hydroxylation is 11. The van der Waals surface area contributed by atoms with E-state index >= 15 is 0 Å². The van der Waals surface area contributed by atoms with Gasteiger partial charge in [-0.25, -0.2) is 27.2 Å². The second-order valence-corrected chi connectivity index (χ2v) is 42.4. The standard InChI is InChI=1S/C27H34N.C26H34N.C25H32N.C23H27FN.C23H28N/c1-18(2)14-21-10-11-25-23(16-21)12-13-28(5)27(25)26-17-24(15-19(3)20(26)4)22-8-6-7-9-22;1-17(2)13-20-9-10-23-21(15-20)11-12-27(8)25(23)24-16-22(26(5,6)7)14-18(3)19(24)4;1-16(2)12-20-8-9-23-21(14-20)10-11-26(7)25(23)24-15-22(17(3)4)13-18(5)19(24)6;1-14(2)11-18-7-8-20-19(13-18)9-10-25(6)23(20)21-12-15(3)22(24)17(5)16(21)4;1-15(2)11-19-7-8-21-20(14-19)9-10-24(6)23(21)22-13-16(3)12-17(4)18(22)5/h10-13,15-18,22H,6-9,14H2,1-5H3;9-12,14-17H,13H2,1-8H3;8-11,13-17H,12H2,1-7H3;7-10,12-14H,11H2,1-6H3;7-10,12-15H,11H2,1-6H3/q5*+1. The zero-order chi connectivity index (χ0) is 94.5. The highest BCUT2D eigenvalue weighted by atomic mass is 19.1. The van der Waals surface area contributed by atoms with E-state index < -0.39 is 0 Å². The Balaban J connectivity index is 0.000000147. The molecule has 0 spiro atoms. The summed E-state index contributed by atoms with van der Waals surface area (Å²) in [5, 5.41) is 13.2. The average Bonchev–Trinajstić information content (AvgIpc) is 0.994. The summed E-state index contributed by atoms with van der Waals surface area (Å²) in [6, 6.07) is 66.9. The molecule has 5 heterocycles. The molecule has 1 fully saturated rings. The van der Waals surface area contributed by atoms with Gasteiger partial charge in [-0.3, -0.25) is 0 Å². The molecule has 0 N–H and O–H groups in total. The van der Waals surface area contributed by atoms with Crippen LogP contribution in [0.4, 0.5) is 4.39 Å². The van der Waals surface area contributed by atoms with Crippen LogP contribution in [0, 0.1) is 118 Å². The van der Waals surface area contributed by atoms with Gasteiger partial charge in [0.15, 0.2) is 31.0 Å². The van der Waals surface area contributed by atoms with E-state index in [4.69, 9.17) is 0 Å². The molecule has 10 aromatic carbocycles. The Morgan fingerprint density at radius 1 is 0.292 bits per heavy atom. The van der Waals surface area contributed by atoms with Crippen molar-refractivity contribution >= 4 is 53.9 Å². The minimum atomic E-state index is -0.0941. The largest absolute Gasteiger partial charge is 0.220 e. The second kappa shape index (κ2) is 41.7. The number of hydrogen-bond acceptors (Lipinski definition) is 0. The van der Waals surface area contributed by atoms with E-state index in [1.807, 2.05) is 26.8 Å². The minimum absolute atomic E-state index is 0.0941. The van der Waals surface area contributed by atoms with Gasteiger partial charge >= 0.3 is 0 Å². The zero-order valence-electron chi connectivity index (χ0n) is 85.6. The summed E-state index contributed by atoms with van der Waals surface area (Å²) in [6.07, 6.45) is 22.0. The van der Waals surface area contributed by atoms with Gasteiger partial charge in [-0.2, -0.15) is 0 Å². The topological polar surface area (TPSA) is 19.4 Å². The lowest BCUT2D eigenvalue weighted by Crippen LogP contribution is -2.31. The summed E-state index contributed by atoms with van der Waals surface area (Å²) in [6.45, 7) is 60.1. The van der Waals surface area contributed by atoms with Crippen molar-refractivity contribution in [1.82, 2.24) is 0 Å². The summed E-state index contributed by atoms with van der Waals surface area (Å²) >= 11 is 0. The highest BCUT2D eigenvalue weighted by Gasteiger charge is 2.29. The molecule has 0 saturated heterocycles. The summed E-state index contributed by atoms with van der Waals surface area (Å²) in [5.74, 6) is 4.55. The highest BCUT2D eigenvalue weighted by Crippen LogP contribution is 2.42. The third kappa shape index (κ3) is 22.7. The first-order valence-electron chi connectivity index (χ1n) is 48.7. The van der Waals surface area contributed by atoms with Gasteiger partial charge in [0.25, 0.3) is 0 Å². The van der Waals surface area contributed by atoms with E-state index in [-0.39, 0.29) is 11.2 Å². The number of benzene rings is 10. The first-order valence-corrected chi connectivity index (χ1v) is 48.7. The van der Waals surface area contributed by atoms with E-state index in [1.165, 1.54) is 214 Å². The van der Waals surface area contributed by atoms with Crippen molar-refractivity contribution < 1.29 is 27.2 Å². The molecule has 5 aromatic heterocycles. The summed E-state index contributed by atoms with van der Waals surface area (Å²) < 4.78 is 25.5. The smallest absolute Gasteiger partial charge is 0.206 e. The molecular weight excluding hydrogens is 1580 g/mol. The van der Waals surface area contributed by atoms with Gasteiger partial charge in [0.1, 0.15) is 41.1 Å². The fourth-order valence-electron chi connectivity index (χ4n) is 20.0. The number of halogens is 1. The van der Waals surface area contributed by atoms with Gasteiger partial charge in [0, 0.05) is 30.3 Å². The molecule has 6 heteroatoms. The summed E-state index contributed by atoms with van der Waals surface area (Å²) in [5.41, 5.74) is 39.4. The molecule has 1 aliphatic carbocycles. The quantitative estimate of drug-likeness (QED) is 0.0810. The van der Waals surface area contributed by atoms with E-state index in [9.17, 15) is 4.39 Å². The SMILES string of the molecule is Cc1cc(-c2c3ccc(CC(C)C)cc3cc[n+]2C)c(C)c(C)c1F.Cc1cc(C(C)(C)C)cc(-c2c3ccc(CC(C)C)cc3cc[n+]2C)c1C.Cc1cc(C(C)C)cc(-c2c3ccc(CC(C)C)cc3cc[n+]2C)c1C.Cc1cc(C)c(C)c(-c2c3ccc(CC(C)C)cc3cc[n+]2C)c1.Cc1cc(C2CCCC2)cc(-c2c3ccc(CC(C)C)cc3cc[n+]2C)c1C. The number of pyridine rings is 5. The Labute approximate surface area is 783 Å². The predicted octanol–water partition coefficient (Wildman–Crippen LogP) is 30.6. The average molecular weight is 1730 g/mol. The molecule has 0 unspecified atom stereocenters. The molecule has 16 rings (SSSR count). The molecule has 1 aliphatic rings. The third-order valence-corrected chi connectivity index (χ3v) is 27.7. The first kappa shape index (κ1) is 98.2. The fourth-order valence-corrected chi connectivity index (χ4v) is 20.0. The van der Waals surface area contributed by atoms with E-state index in [2.05, 4.69) is 425 Å². The van der Waals surface area contributed by atoms with Crippen molar-refractivity contribution in [1.29, 1.82) is 0 Å². The van der Waals surface area contributed by atoms with Crippen molar-refractivity contribution in [3.05, 3.63) is 324 Å². The molecule has 15 aromatic rings. The van der Waals surface area contributed by atoms with Crippen LogP contribution in [0.5, 0.6) is 0 Å². The Kier molecular flexibility index (Phi) is 31.5. The molecule has 0 radical (unpaired) electrons. The Bertz CT molecular complexity index is 6660. The molecule has 0 atom stereocenters. The third-order valence-electron chi connectivity index (χ3n) is 27.7. The Morgan fingerprint density at radius 3 is 0.892 bits per heavy atom. The van der Waals surface area contributed by atoms with Crippen LogP contribution in [-0.2, 0) is 72.8 Å². The number of rotatable bonds is 17. The molecule has 0 amide bonds. The van der Waals surface area contributed by atoms with E-state index in [1.54, 1.807) is 5.56 Å². The maximum absolute atomic E-state index is 14.3. The molecule has 1 saturated carbocycles. The Hall–Kier alpha value is -10.8. The van der Waals surface area contributed by atoms with Gasteiger partial charge in [-0.15, -0.1) is 0 Å². The van der Waals surface area contributed by atoms with E-state index in [0.29, 0.717) is 41.1 Å². The van der Waals surface area contributed by atoms with Crippen LogP contribution in [0.2, 0.25) is 0 Å². The predicted molar refractivity (Wildman–Crippen MR) is 556 cm³/mol. The monoisotopic (exact) mass is 1730 g/mol. The van der Waals surface area contributed by atoms with Gasteiger partial charge < -0.3 is 0 Å². The van der Waals surface area contributed by atoms with Crippen LogP contribution in [0.3, 0.4) is 0 Å². The molecule has 130 heavy (non-hydrogen) atoms. The lowest BCUT2D eigenvalue weighted by Gasteiger charge is -2.22. The van der Waals surface area contributed by atoms with Gasteiger partial charge in [-0.05, 0) is 368 Å². The van der Waals surface area contributed by atoms with Crippen molar-refractivity contribution in [3.63, 3.8) is 0 Å². The van der Waals surface area contributed by atoms with Crippen molar-refractivity contribution in [2.45, 2.75) is 262 Å². The fraction of sp³-hybridized carbons (Fsp3) is 0.395. The minimum Gasteiger partial charge on any atom is -0.206 e. The summed E-state index contributed by atoms with van der Waals surface area (Å²) in [4.78, 5) is 0. The van der Waals surface area contributed by atoms with Crippen LogP contribution in [0.25, 0.3) is 110 Å². The van der Waals surface area contributed by atoms with Crippen LogP contribution in [0.15, 0.2) is 207 Å². The number of hydrogen-bond donors (Lipinski definition) is 0. The van der Waals surface area contributed by atoms with Crippen molar-refractivity contribution in [2.75, 3.05) is 0 Å². The van der Waals surface area contributed by atoms with Gasteiger partial charge in [0.05, 0.1) is 54.7 Å². The van der Waals surface area contributed by atoms with Gasteiger partial charge in [-0.1, -0.05) is 207 Å². The van der Waals surface area contributed by atoms with Crippen molar-refractivity contribution in [3.8, 4) is 56.3 Å². The molecule has 5 nitrogen and oxygen atoms in total. The van der Waals surface area contributed by atoms with Crippen LogP contribution >= 0.6 is 0 Å². The summed E-state index contributed by atoms with van der Waals surface area (Å²) in [7, 11) is 10.7. The lowest BCUT2D eigenvalue weighted by molar-refractivity contribution is -0.659. The maximum Gasteiger partial charge on any atom is 0.220 e. The maximum atomic E-state index is 14.3. The molecule has 0 aliphatic heterocycles. The lowest BCUT2D eigenvalue weighted by atomic mass is 9.82. The number of nitrogens with zero attached hydrogens (tertiary/aromatic N) is 5. The second-order valence-electron chi connectivity index (χ2n) is 42.4. The molecule has 678 valence electrons. The normalized spacial score (nSPS) is 12.5. The van der Waals surface area contributed by atoms with Crippen molar-refractivity contribution in [2.24, 2.45) is 64.8 Å². The molecule has 0 bridgehead atoms. The van der Waals surface area contributed by atoms with Crippen LogP contribution in [0.1, 0.15) is 253 Å². The number of aromatic nitrogens is 5. The van der Waals surface area contributed by atoms with Crippen LogP contribution < -0.4 is 22.8 Å². The van der Waals surface area contributed by atoms with Gasteiger partial charge in [0.2, 0.25) is 28.5 Å². The Morgan fingerprint density at radius 2 is 0.577 bits per heavy atom. The number of fused-ring (bicyclic) bond motifs is 5. The first-order chi connectivity index (χ1) is 61.4. The van der Waals surface area contributed by atoms with E-state index in [0.717, 1.165) is 60.4 Å². The van der Waals surface area contributed by atoms with Crippen LogP contribution in [-0.4, -0.2) is 0 Å². The molecular formula is C124H155FN5+5. The zero-order valence-corrected chi connectivity index (χ0v) is 85.6. The highest BCUT2D eigenvalue weighted by molar-refractivity contribution is 5.99.